The van der Waals surface area contributed by atoms with Crippen LogP contribution in [0.1, 0.15) is 24.0 Å². The van der Waals surface area contributed by atoms with Gasteiger partial charge < -0.3 is 5.32 Å². The van der Waals surface area contributed by atoms with Crippen LogP contribution in [0.3, 0.4) is 0 Å². The third-order valence-corrected chi connectivity index (χ3v) is 5.37. The van der Waals surface area contributed by atoms with Crippen LogP contribution in [0.5, 0.6) is 0 Å². The molecule has 3 heteroatoms. The van der Waals surface area contributed by atoms with Gasteiger partial charge in [0.15, 0.2) is 0 Å². The third kappa shape index (κ3) is 3.02. The first-order chi connectivity index (χ1) is 7.65. The summed E-state index contributed by atoms with van der Waals surface area (Å²) >= 11 is 5.62. The Morgan fingerprint density at radius 1 is 1.44 bits per heavy atom. The van der Waals surface area contributed by atoms with Crippen LogP contribution in [0.25, 0.3) is 0 Å². The van der Waals surface area contributed by atoms with Gasteiger partial charge in [0, 0.05) is 22.3 Å². The molecule has 16 heavy (non-hydrogen) atoms. The van der Waals surface area contributed by atoms with Gasteiger partial charge in [-0.15, -0.1) is 0 Å². The van der Waals surface area contributed by atoms with Gasteiger partial charge in [0.2, 0.25) is 0 Å². The van der Waals surface area contributed by atoms with Crippen molar-refractivity contribution in [3.63, 3.8) is 0 Å². The van der Waals surface area contributed by atoms with Crippen molar-refractivity contribution in [3.8, 4) is 0 Å². The van der Waals surface area contributed by atoms with Gasteiger partial charge in [-0.2, -0.15) is 11.8 Å². The minimum absolute atomic E-state index is 0.553. The average molecular weight is 300 g/mol. The first-order valence-corrected chi connectivity index (χ1v) is 7.68. The van der Waals surface area contributed by atoms with Crippen molar-refractivity contribution >= 4 is 27.7 Å². The molecule has 0 atom stereocenters. The van der Waals surface area contributed by atoms with Gasteiger partial charge >= 0.3 is 0 Å². The number of aryl methyl sites for hydroxylation is 1. The van der Waals surface area contributed by atoms with E-state index in [1.165, 1.54) is 28.4 Å². The van der Waals surface area contributed by atoms with E-state index >= 15 is 0 Å². The van der Waals surface area contributed by atoms with Crippen LogP contribution in [0.2, 0.25) is 0 Å². The van der Waals surface area contributed by atoms with Crippen LogP contribution >= 0.6 is 27.7 Å². The fourth-order valence-electron chi connectivity index (χ4n) is 1.81. The minimum atomic E-state index is 0.553. The SMILES string of the molecule is CSC1(CNCc2ccc(C)cc2Br)CC1. The zero-order chi connectivity index (χ0) is 11.6. The van der Waals surface area contributed by atoms with Gasteiger partial charge in [-0.25, -0.2) is 0 Å². The molecule has 1 aliphatic rings. The predicted molar refractivity (Wildman–Crippen MR) is 76.1 cm³/mol. The monoisotopic (exact) mass is 299 g/mol. The van der Waals surface area contributed by atoms with Crippen LogP contribution in [0, 0.1) is 6.92 Å². The molecule has 0 bridgehead atoms. The predicted octanol–water partition coefficient (Wildman–Crippen LogP) is 3.74. The summed E-state index contributed by atoms with van der Waals surface area (Å²) in [6.45, 7) is 4.21. The van der Waals surface area contributed by atoms with Crippen molar-refractivity contribution < 1.29 is 0 Å². The van der Waals surface area contributed by atoms with Crippen molar-refractivity contribution in [2.45, 2.75) is 31.1 Å². The summed E-state index contributed by atoms with van der Waals surface area (Å²) in [5, 5.41) is 3.56. The van der Waals surface area contributed by atoms with E-state index in [0.29, 0.717) is 4.75 Å². The van der Waals surface area contributed by atoms with Gasteiger partial charge in [-0.1, -0.05) is 28.1 Å². The largest absolute Gasteiger partial charge is 0.311 e. The number of hydrogen-bond acceptors (Lipinski definition) is 2. The van der Waals surface area contributed by atoms with Crippen LogP contribution in [0.15, 0.2) is 22.7 Å². The first-order valence-electron chi connectivity index (χ1n) is 5.66. The molecule has 88 valence electrons. The highest BCUT2D eigenvalue weighted by atomic mass is 79.9. The Morgan fingerprint density at radius 3 is 2.75 bits per heavy atom. The minimum Gasteiger partial charge on any atom is -0.311 e. The van der Waals surface area contributed by atoms with E-state index in [2.05, 4.69) is 52.6 Å². The van der Waals surface area contributed by atoms with E-state index < -0.39 is 0 Å². The summed E-state index contributed by atoms with van der Waals surface area (Å²) in [5.41, 5.74) is 2.65. The quantitative estimate of drug-likeness (QED) is 0.889. The molecule has 1 aliphatic carbocycles. The zero-order valence-corrected chi connectivity index (χ0v) is 12.2. The average Bonchev–Trinajstić information content (AvgIpc) is 3.02. The molecule has 0 heterocycles. The van der Waals surface area contributed by atoms with Crippen molar-refractivity contribution in [1.29, 1.82) is 0 Å². The summed E-state index contributed by atoms with van der Waals surface area (Å²) in [7, 11) is 0. The molecule has 0 aromatic heterocycles. The molecule has 1 saturated carbocycles. The molecule has 0 saturated heterocycles. The molecule has 2 rings (SSSR count). The maximum Gasteiger partial charge on any atom is 0.0282 e. The molecular formula is C13H18BrNS. The summed E-state index contributed by atoms with van der Waals surface area (Å²) in [6.07, 6.45) is 4.96. The van der Waals surface area contributed by atoms with E-state index in [1.807, 2.05) is 11.8 Å². The highest BCUT2D eigenvalue weighted by molar-refractivity contribution is 9.10. The molecule has 0 unspecified atom stereocenters. The lowest BCUT2D eigenvalue weighted by atomic mass is 10.1. The molecule has 0 aliphatic heterocycles. The summed E-state index contributed by atoms with van der Waals surface area (Å²) < 4.78 is 1.77. The van der Waals surface area contributed by atoms with E-state index in [4.69, 9.17) is 0 Å². The molecule has 1 N–H and O–H groups in total. The standard InChI is InChI=1S/C13H18BrNS/c1-10-3-4-11(12(14)7-10)8-15-9-13(16-2)5-6-13/h3-4,7,15H,5-6,8-9H2,1-2H3. The van der Waals surface area contributed by atoms with Crippen molar-refractivity contribution in [2.75, 3.05) is 12.8 Å². The number of thioether (sulfide) groups is 1. The zero-order valence-electron chi connectivity index (χ0n) is 9.85. The Kier molecular flexibility index (Phi) is 3.98. The highest BCUT2D eigenvalue weighted by Gasteiger charge is 2.41. The van der Waals surface area contributed by atoms with E-state index in [9.17, 15) is 0 Å². The molecule has 0 radical (unpaired) electrons. The smallest absolute Gasteiger partial charge is 0.0282 e. The van der Waals surface area contributed by atoms with Crippen LogP contribution in [-0.2, 0) is 6.54 Å². The molecule has 1 aromatic carbocycles. The Labute approximate surface area is 111 Å². The van der Waals surface area contributed by atoms with E-state index in [0.717, 1.165) is 13.1 Å². The normalized spacial score (nSPS) is 17.4. The van der Waals surface area contributed by atoms with Crippen LogP contribution < -0.4 is 5.32 Å². The molecule has 0 amide bonds. The number of hydrogen-bond donors (Lipinski definition) is 1. The van der Waals surface area contributed by atoms with Gasteiger partial charge in [0.1, 0.15) is 0 Å². The van der Waals surface area contributed by atoms with Gasteiger partial charge in [-0.05, 0) is 43.2 Å². The second-order valence-electron chi connectivity index (χ2n) is 4.59. The highest BCUT2D eigenvalue weighted by Crippen LogP contribution is 2.46. The molecule has 0 spiro atoms. The first kappa shape index (κ1) is 12.5. The van der Waals surface area contributed by atoms with E-state index in [1.54, 1.807) is 0 Å². The second-order valence-corrected chi connectivity index (χ2v) is 6.71. The summed E-state index contributed by atoms with van der Waals surface area (Å²) in [4.78, 5) is 0. The fourth-order valence-corrected chi connectivity index (χ4v) is 3.20. The molecule has 1 aromatic rings. The Balaban J connectivity index is 1.85. The molecular weight excluding hydrogens is 282 g/mol. The number of benzene rings is 1. The molecule has 1 fully saturated rings. The number of halogens is 1. The number of rotatable bonds is 5. The molecule has 1 nitrogen and oxygen atoms in total. The van der Waals surface area contributed by atoms with Gasteiger partial charge in [0.25, 0.3) is 0 Å². The van der Waals surface area contributed by atoms with Gasteiger partial charge in [0.05, 0.1) is 0 Å². The van der Waals surface area contributed by atoms with Gasteiger partial charge in [-0.3, -0.25) is 0 Å². The fraction of sp³-hybridized carbons (Fsp3) is 0.538. The lowest BCUT2D eigenvalue weighted by Crippen LogP contribution is -2.25. The summed E-state index contributed by atoms with van der Waals surface area (Å²) in [6, 6.07) is 6.55. The van der Waals surface area contributed by atoms with Crippen molar-refractivity contribution in [3.05, 3.63) is 33.8 Å². The Morgan fingerprint density at radius 2 is 2.19 bits per heavy atom. The number of nitrogens with one attached hydrogen (secondary N) is 1. The van der Waals surface area contributed by atoms with Crippen LogP contribution in [-0.4, -0.2) is 17.5 Å². The maximum absolute atomic E-state index is 3.62. The van der Waals surface area contributed by atoms with Crippen LogP contribution in [0.4, 0.5) is 0 Å². The topological polar surface area (TPSA) is 12.0 Å². The second kappa shape index (κ2) is 5.11. The van der Waals surface area contributed by atoms with Crippen molar-refractivity contribution in [1.82, 2.24) is 5.32 Å². The Hall–Kier alpha value is 0.01000. The lowest BCUT2D eigenvalue weighted by Gasteiger charge is -2.13. The maximum atomic E-state index is 3.62. The summed E-state index contributed by atoms with van der Waals surface area (Å²) in [5.74, 6) is 0. The third-order valence-electron chi connectivity index (χ3n) is 3.21. The van der Waals surface area contributed by atoms with E-state index in [-0.39, 0.29) is 0 Å². The van der Waals surface area contributed by atoms with Crippen molar-refractivity contribution in [2.24, 2.45) is 0 Å². The lowest BCUT2D eigenvalue weighted by molar-refractivity contribution is 0.661. The Bertz CT molecular complexity index is 374.